The number of hydrogen-bond acceptors (Lipinski definition) is 2. The van der Waals surface area contributed by atoms with E-state index in [2.05, 4.69) is 13.8 Å². The molecule has 3 nitrogen and oxygen atoms in total. The normalized spacial score (nSPS) is 33.9. The molecule has 3 rings (SSSR count). The van der Waals surface area contributed by atoms with Gasteiger partial charge in [0, 0.05) is 12.6 Å². The summed E-state index contributed by atoms with van der Waals surface area (Å²) in [5.41, 5.74) is 1.24. The van der Waals surface area contributed by atoms with Gasteiger partial charge in [-0.15, -0.1) is 0 Å². The Morgan fingerprint density at radius 3 is 2.52 bits per heavy atom. The van der Waals surface area contributed by atoms with Crippen LogP contribution in [0.4, 0.5) is 0 Å². The van der Waals surface area contributed by atoms with Gasteiger partial charge < -0.3 is 0 Å². The van der Waals surface area contributed by atoms with Gasteiger partial charge in [-0.1, -0.05) is 44.4 Å². The predicted molar refractivity (Wildman–Crippen MR) is 84.6 cm³/mol. The first-order valence-electron chi connectivity index (χ1n) is 7.94. The zero-order valence-electron chi connectivity index (χ0n) is 13.2. The number of rotatable bonds is 2. The van der Waals surface area contributed by atoms with Gasteiger partial charge in [0.2, 0.25) is 10.0 Å². The van der Waals surface area contributed by atoms with E-state index in [1.54, 1.807) is 16.4 Å². The average Bonchev–Trinajstić information content (AvgIpc) is 2.72. The maximum Gasteiger partial charge on any atom is 0.243 e. The van der Waals surface area contributed by atoms with Crippen molar-refractivity contribution in [1.29, 1.82) is 0 Å². The molecule has 1 aromatic rings. The van der Waals surface area contributed by atoms with Crippen molar-refractivity contribution in [2.24, 2.45) is 11.3 Å². The van der Waals surface area contributed by atoms with Crippen LogP contribution >= 0.6 is 0 Å². The van der Waals surface area contributed by atoms with Crippen LogP contribution in [-0.4, -0.2) is 25.3 Å². The quantitative estimate of drug-likeness (QED) is 0.837. The number of benzene rings is 1. The number of hydrogen-bond donors (Lipinski definition) is 0. The molecule has 1 saturated heterocycles. The maximum absolute atomic E-state index is 13.0. The van der Waals surface area contributed by atoms with Crippen LogP contribution in [0.1, 0.15) is 45.1 Å². The van der Waals surface area contributed by atoms with Crippen LogP contribution in [0.3, 0.4) is 0 Å². The van der Waals surface area contributed by atoms with Crippen molar-refractivity contribution in [3.8, 4) is 0 Å². The predicted octanol–water partition coefficient (Wildman–Crippen LogP) is 3.58. The zero-order valence-corrected chi connectivity index (χ0v) is 14.0. The fourth-order valence-electron chi connectivity index (χ4n) is 4.10. The molecule has 0 unspecified atom stereocenters. The lowest BCUT2D eigenvalue weighted by Crippen LogP contribution is -2.43. The molecule has 0 radical (unpaired) electrons. The lowest BCUT2D eigenvalue weighted by atomic mass is 9.68. The summed E-state index contributed by atoms with van der Waals surface area (Å²) < 4.78 is 27.8. The first-order chi connectivity index (χ1) is 9.85. The Hall–Kier alpha value is -0.870. The van der Waals surface area contributed by atoms with Crippen LogP contribution in [0.15, 0.2) is 29.2 Å². The molecule has 0 N–H and O–H groups in total. The van der Waals surface area contributed by atoms with Crippen LogP contribution in [0, 0.1) is 18.3 Å². The minimum atomic E-state index is -3.36. The van der Waals surface area contributed by atoms with Gasteiger partial charge in [0.05, 0.1) is 4.90 Å². The van der Waals surface area contributed by atoms with Crippen molar-refractivity contribution in [2.75, 3.05) is 6.54 Å². The molecule has 3 atom stereocenters. The molecule has 4 heteroatoms. The van der Waals surface area contributed by atoms with E-state index in [9.17, 15) is 8.42 Å². The van der Waals surface area contributed by atoms with E-state index in [-0.39, 0.29) is 11.5 Å². The monoisotopic (exact) mass is 307 g/mol. The van der Waals surface area contributed by atoms with Crippen molar-refractivity contribution < 1.29 is 8.42 Å². The average molecular weight is 307 g/mol. The molecule has 1 aromatic carbocycles. The third-order valence-electron chi connectivity index (χ3n) is 5.76. The van der Waals surface area contributed by atoms with Crippen LogP contribution in [-0.2, 0) is 10.0 Å². The molecule has 1 heterocycles. The van der Waals surface area contributed by atoms with Crippen molar-refractivity contribution >= 4 is 10.0 Å². The van der Waals surface area contributed by atoms with E-state index in [1.807, 2.05) is 19.1 Å². The molecule has 21 heavy (non-hydrogen) atoms. The summed E-state index contributed by atoms with van der Waals surface area (Å²) in [6.45, 7) is 7.14. The summed E-state index contributed by atoms with van der Waals surface area (Å²) in [4.78, 5) is 0.440. The summed E-state index contributed by atoms with van der Waals surface area (Å²) >= 11 is 0. The van der Waals surface area contributed by atoms with Crippen molar-refractivity contribution in [3.63, 3.8) is 0 Å². The molecule has 1 aliphatic heterocycles. The van der Waals surface area contributed by atoms with Crippen LogP contribution < -0.4 is 0 Å². The van der Waals surface area contributed by atoms with Gasteiger partial charge in [-0.05, 0) is 43.2 Å². The Kier molecular flexibility index (Phi) is 3.65. The first kappa shape index (κ1) is 15.0. The Bertz CT molecular complexity index is 623. The van der Waals surface area contributed by atoms with E-state index in [0.717, 1.165) is 24.8 Å². The Morgan fingerprint density at radius 2 is 1.86 bits per heavy atom. The van der Waals surface area contributed by atoms with Crippen LogP contribution in [0.25, 0.3) is 0 Å². The van der Waals surface area contributed by atoms with E-state index in [1.165, 1.54) is 6.42 Å². The molecule has 0 aromatic heterocycles. The van der Waals surface area contributed by atoms with Crippen molar-refractivity contribution in [1.82, 2.24) is 4.31 Å². The highest BCUT2D eigenvalue weighted by Gasteiger charge is 2.53. The Balaban J connectivity index is 1.98. The lowest BCUT2D eigenvalue weighted by Gasteiger charge is -2.40. The number of nitrogens with zero attached hydrogens (tertiary/aromatic N) is 1. The third-order valence-corrected chi connectivity index (χ3v) is 7.65. The Morgan fingerprint density at radius 1 is 1.19 bits per heavy atom. The van der Waals surface area contributed by atoms with Gasteiger partial charge >= 0.3 is 0 Å². The molecule has 0 bridgehead atoms. The molecular weight excluding hydrogens is 282 g/mol. The van der Waals surface area contributed by atoms with Crippen molar-refractivity contribution in [3.05, 3.63) is 29.8 Å². The fraction of sp³-hybridized carbons (Fsp3) is 0.647. The highest BCUT2D eigenvalue weighted by Crippen LogP contribution is 2.51. The minimum Gasteiger partial charge on any atom is -0.207 e. The highest BCUT2D eigenvalue weighted by molar-refractivity contribution is 7.89. The van der Waals surface area contributed by atoms with Gasteiger partial charge in [0.15, 0.2) is 0 Å². The second kappa shape index (κ2) is 5.10. The van der Waals surface area contributed by atoms with Gasteiger partial charge in [0.1, 0.15) is 0 Å². The summed E-state index contributed by atoms with van der Waals surface area (Å²) in [5, 5.41) is 0. The smallest absolute Gasteiger partial charge is 0.207 e. The Labute approximate surface area is 128 Å². The molecule has 0 spiro atoms. The van der Waals surface area contributed by atoms with Gasteiger partial charge in [-0.25, -0.2) is 8.42 Å². The number of fused-ring (bicyclic) bond motifs is 1. The largest absolute Gasteiger partial charge is 0.243 e. The zero-order chi connectivity index (χ0) is 15.3. The van der Waals surface area contributed by atoms with Crippen molar-refractivity contribution in [2.45, 2.75) is 57.4 Å². The molecule has 2 aliphatic rings. The molecule has 1 aliphatic carbocycles. The number of aryl methyl sites for hydroxylation is 1. The summed E-state index contributed by atoms with van der Waals surface area (Å²) in [6.07, 6.45) is 4.54. The molecule has 2 fully saturated rings. The van der Waals surface area contributed by atoms with Crippen LogP contribution in [0.5, 0.6) is 0 Å². The second-order valence-corrected chi connectivity index (χ2v) is 8.95. The first-order valence-corrected chi connectivity index (χ1v) is 9.38. The van der Waals surface area contributed by atoms with E-state index in [4.69, 9.17) is 0 Å². The lowest BCUT2D eigenvalue weighted by molar-refractivity contribution is 0.130. The van der Waals surface area contributed by atoms with E-state index < -0.39 is 10.0 Å². The topological polar surface area (TPSA) is 37.4 Å². The molecular formula is C17H25NO2S. The maximum atomic E-state index is 13.0. The van der Waals surface area contributed by atoms with Crippen LogP contribution in [0.2, 0.25) is 0 Å². The molecule has 1 saturated carbocycles. The standard InChI is InChI=1S/C17H25NO2S/c1-13-7-9-15(10-8-13)21(19,20)18-12-14(2)17(3)11-5-4-6-16(17)18/h7-10,14,16H,4-6,11-12H2,1-3H3/t14-,16-,17-/m1/s1. The highest BCUT2D eigenvalue weighted by atomic mass is 32.2. The van der Waals surface area contributed by atoms with E-state index in [0.29, 0.717) is 17.4 Å². The summed E-state index contributed by atoms with van der Waals surface area (Å²) in [6, 6.07) is 7.42. The minimum absolute atomic E-state index is 0.149. The SMILES string of the molecule is Cc1ccc(S(=O)(=O)N2C[C@@H](C)[C@@]3(C)CCCC[C@@H]23)cc1. The van der Waals surface area contributed by atoms with Gasteiger partial charge in [0.25, 0.3) is 0 Å². The van der Waals surface area contributed by atoms with Gasteiger partial charge in [-0.3, -0.25) is 0 Å². The second-order valence-electron chi connectivity index (χ2n) is 7.06. The molecule has 116 valence electrons. The van der Waals surface area contributed by atoms with E-state index >= 15 is 0 Å². The third kappa shape index (κ3) is 2.33. The summed E-state index contributed by atoms with van der Waals surface area (Å²) in [7, 11) is -3.36. The van der Waals surface area contributed by atoms with Gasteiger partial charge in [-0.2, -0.15) is 4.31 Å². The number of sulfonamides is 1. The fourth-order valence-corrected chi connectivity index (χ4v) is 5.96. The molecule has 0 amide bonds. The summed E-state index contributed by atoms with van der Waals surface area (Å²) in [5.74, 6) is 0.433.